The second-order valence-corrected chi connectivity index (χ2v) is 6.06. The van der Waals surface area contributed by atoms with Crippen molar-refractivity contribution in [3.8, 4) is 0 Å². The van der Waals surface area contributed by atoms with Crippen molar-refractivity contribution in [1.29, 1.82) is 0 Å². The Hall–Kier alpha value is -1.02. The van der Waals surface area contributed by atoms with Gasteiger partial charge in [0.05, 0.1) is 0 Å². The highest BCUT2D eigenvalue weighted by Gasteiger charge is 2.44. The minimum atomic E-state index is 0.423. The standard InChI is InChI=1S/C15H22N2/c1-11-8-14(9-11)17-10-15(6-7-15)12-2-4-13(16)5-3-12/h2-5,11,14,17H,6-10,16H2,1H3. The Bertz CT molecular complexity index is 386. The lowest BCUT2D eigenvalue weighted by atomic mass is 9.81. The summed E-state index contributed by atoms with van der Waals surface area (Å²) in [7, 11) is 0. The Morgan fingerprint density at radius 2 is 1.88 bits per heavy atom. The molecule has 92 valence electrons. The lowest BCUT2D eigenvalue weighted by molar-refractivity contribution is 0.236. The average molecular weight is 230 g/mol. The largest absolute Gasteiger partial charge is 0.399 e. The van der Waals surface area contributed by atoms with Crippen molar-refractivity contribution in [1.82, 2.24) is 5.32 Å². The van der Waals surface area contributed by atoms with Gasteiger partial charge in [-0.05, 0) is 49.3 Å². The van der Waals surface area contributed by atoms with Crippen molar-refractivity contribution in [3.05, 3.63) is 29.8 Å². The molecule has 1 aromatic rings. The molecule has 0 radical (unpaired) electrons. The topological polar surface area (TPSA) is 38.0 Å². The molecule has 0 amide bonds. The van der Waals surface area contributed by atoms with Crippen molar-refractivity contribution < 1.29 is 0 Å². The van der Waals surface area contributed by atoms with Crippen LogP contribution in [0.4, 0.5) is 5.69 Å². The molecule has 1 aromatic carbocycles. The fourth-order valence-electron chi connectivity index (χ4n) is 2.96. The zero-order valence-electron chi connectivity index (χ0n) is 10.6. The number of hydrogen-bond donors (Lipinski definition) is 2. The number of nitrogens with one attached hydrogen (secondary N) is 1. The van der Waals surface area contributed by atoms with Gasteiger partial charge in [-0.2, -0.15) is 0 Å². The van der Waals surface area contributed by atoms with Gasteiger partial charge in [-0.1, -0.05) is 19.1 Å². The Morgan fingerprint density at radius 1 is 1.24 bits per heavy atom. The molecule has 0 unspecified atom stereocenters. The summed E-state index contributed by atoms with van der Waals surface area (Å²) in [6.07, 6.45) is 5.37. The third-order valence-electron chi connectivity index (χ3n) is 4.48. The van der Waals surface area contributed by atoms with Gasteiger partial charge in [0.25, 0.3) is 0 Å². The Kier molecular flexibility index (Phi) is 2.62. The summed E-state index contributed by atoms with van der Waals surface area (Å²) in [6.45, 7) is 3.49. The van der Waals surface area contributed by atoms with E-state index in [0.29, 0.717) is 5.41 Å². The van der Waals surface area contributed by atoms with Crippen molar-refractivity contribution in [2.24, 2.45) is 5.92 Å². The number of anilines is 1. The summed E-state index contributed by atoms with van der Waals surface area (Å²) in [5, 5.41) is 3.73. The second kappa shape index (κ2) is 4.02. The number of hydrogen-bond acceptors (Lipinski definition) is 2. The van der Waals surface area contributed by atoms with Gasteiger partial charge < -0.3 is 11.1 Å². The molecule has 17 heavy (non-hydrogen) atoms. The van der Waals surface area contributed by atoms with Crippen LogP contribution in [0.3, 0.4) is 0 Å². The maximum absolute atomic E-state index is 5.74. The summed E-state index contributed by atoms with van der Waals surface area (Å²) >= 11 is 0. The van der Waals surface area contributed by atoms with Gasteiger partial charge in [-0.25, -0.2) is 0 Å². The molecule has 0 spiro atoms. The summed E-state index contributed by atoms with van der Waals surface area (Å²) in [5.41, 5.74) is 8.50. The number of benzene rings is 1. The Labute approximate surface area is 104 Å². The van der Waals surface area contributed by atoms with Crippen molar-refractivity contribution >= 4 is 5.69 Å². The van der Waals surface area contributed by atoms with Crippen LogP contribution >= 0.6 is 0 Å². The molecule has 3 rings (SSSR count). The molecule has 3 N–H and O–H groups in total. The highest BCUT2D eigenvalue weighted by atomic mass is 15.0. The van der Waals surface area contributed by atoms with Crippen LogP contribution in [0.1, 0.15) is 38.2 Å². The van der Waals surface area contributed by atoms with E-state index in [4.69, 9.17) is 5.73 Å². The SMILES string of the molecule is CC1CC(NCC2(c3ccc(N)cc3)CC2)C1. The first-order valence-corrected chi connectivity index (χ1v) is 6.77. The van der Waals surface area contributed by atoms with Crippen LogP contribution in [-0.4, -0.2) is 12.6 Å². The molecule has 2 aliphatic rings. The van der Waals surface area contributed by atoms with Crippen LogP contribution in [0.5, 0.6) is 0 Å². The smallest absolute Gasteiger partial charge is 0.0314 e. The van der Waals surface area contributed by atoms with Gasteiger partial charge in [0.1, 0.15) is 0 Å². The van der Waals surface area contributed by atoms with E-state index in [9.17, 15) is 0 Å². The third kappa shape index (κ3) is 2.19. The molecule has 2 saturated carbocycles. The molecule has 2 aliphatic carbocycles. The van der Waals surface area contributed by atoms with Crippen LogP contribution < -0.4 is 11.1 Å². The maximum atomic E-state index is 5.74. The monoisotopic (exact) mass is 230 g/mol. The molecule has 0 bridgehead atoms. The first-order chi connectivity index (χ1) is 8.18. The lowest BCUT2D eigenvalue weighted by Gasteiger charge is -2.35. The quantitative estimate of drug-likeness (QED) is 0.780. The van der Waals surface area contributed by atoms with Gasteiger partial charge in [0.15, 0.2) is 0 Å². The molecule has 2 fully saturated rings. The minimum Gasteiger partial charge on any atom is -0.399 e. The van der Waals surface area contributed by atoms with Crippen molar-refractivity contribution in [2.45, 2.75) is 44.1 Å². The van der Waals surface area contributed by atoms with Gasteiger partial charge in [0, 0.05) is 23.7 Å². The van der Waals surface area contributed by atoms with E-state index in [0.717, 1.165) is 24.2 Å². The van der Waals surface area contributed by atoms with E-state index < -0.39 is 0 Å². The van der Waals surface area contributed by atoms with Gasteiger partial charge in [-0.3, -0.25) is 0 Å². The predicted molar refractivity (Wildman–Crippen MR) is 72.0 cm³/mol. The Balaban J connectivity index is 1.60. The molecule has 0 heterocycles. The highest BCUT2D eigenvalue weighted by Crippen LogP contribution is 2.48. The zero-order chi connectivity index (χ0) is 11.9. The normalized spacial score (nSPS) is 29.7. The van der Waals surface area contributed by atoms with E-state index in [1.54, 1.807) is 0 Å². The number of rotatable bonds is 4. The molecular formula is C15H22N2. The predicted octanol–water partition coefficient (Wildman–Crippen LogP) is 2.69. The lowest BCUT2D eigenvalue weighted by Crippen LogP contribution is -2.43. The van der Waals surface area contributed by atoms with Gasteiger partial charge in [0.2, 0.25) is 0 Å². The molecule has 0 saturated heterocycles. The number of nitrogens with two attached hydrogens (primary N) is 1. The Morgan fingerprint density at radius 3 is 2.41 bits per heavy atom. The van der Waals surface area contributed by atoms with E-state index in [-0.39, 0.29) is 0 Å². The van der Waals surface area contributed by atoms with E-state index in [1.165, 1.54) is 31.2 Å². The molecule has 0 atom stereocenters. The first kappa shape index (κ1) is 11.1. The highest BCUT2D eigenvalue weighted by molar-refractivity contribution is 5.43. The second-order valence-electron chi connectivity index (χ2n) is 6.06. The molecule has 0 aliphatic heterocycles. The summed E-state index contributed by atoms with van der Waals surface area (Å²) in [6, 6.07) is 9.24. The van der Waals surface area contributed by atoms with Gasteiger partial charge >= 0.3 is 0 Å². The molecule has 2 nitrogen and oxygen atoms in total. The summed E-state index contributed by atoms with van der Waals surface area (Å²) < 4.78 is 0. The van der Waals surface area contributed by atoms with E-state index >= 15 is 0 Å². The first-order valence-electron chi connectivity index (χ1n) is 6.77. The minimum absolute atomic E-state index is 0.423. The van der Waals surface area contributed by atoms with Crippen molar-refractivity contribution in [2.75, 3.05) is 12.3 Å². The molecule has 0 aromatic heterocycles. The molecule has 2 heteroatoms. The number of nitrogen functional groups attached to an aromatic ring is 1. The van der Waals surface area contributed by atoms with E-state index in [1.807, 2.05) is 12.1 Å². The fraction of sp³-hybridized carbons (Fsp3) is 0.600. The maximum Gasteiger partial charge on any atom is 0.0314 e. The summed E-state index contributed by atoms with van der Waals surface area (Å²) in [5.74, 6) is 0.930. The summed E-state index contributed by atoms with van der Waals surface area (Å²) in [4.78, 5) is 0. The van der Waals surface area contributed by atoms with Gasteiger partial charge in [-0.15, -0.1) is 0 Å². The fourth-order valence-corrected chi connectivity index (χ4v) is 2.96. The van der Waals surface area contributed by atoms with Crippen LogP contribution in [0.15, 0.2) is 24.3 Å². The third-order valence-corrected chi connectivity index (χ3v) is 4.48. The zero-order valence-corrected chi connectivity index (χ0v) is 10.6. The van der Waals surface area contributed by atoms with Crippen LogP contribution in [0.2, 0.25) is 0 Å². The van der Waals surface area contributed by atoms with Crippen LogP contribution in [-0.2, 0) is 5.41 Å². The molecular weight excluding hydrogens is 208 g/mol. The van der Waals surface area contributed by atoms with E-state index in [2.05, 4.69) is 24.4 Å². The van der Waals surface area contributed by atoms with Crippen LogP contribution in [0.25, 0.3) is 0 Å². The average Bonchev–Trinajstić information content (AvgIpc) is 3.05. The van der Waals surface area contributed by atoms with Crippen LogP contribution in [0, 0.1) is 5.92 Å². The van der Waals surface area contributed by atoms with Crippen molar-refractivity contribution in [3.63, 3.8) is 0 Å².